The molecule has 8 nitrogen and oxygen atoms in total. The van der Waals surface area contributed by atoms with Crippen molar-refractivity contribution in [3.05, 3.63) is 29.1 Å². The Balaban J connectivity index is 1.60. The van der Waals surface area contributed by atoms with E-state index in [9.17, 15) is 4.79 Å². The fourth-order valence-electron chi connectivity index (χ4n) is 2.91. The summed E-state index contributed by atoms with van der Waals surface area (Å²) in [6.07, 6.45) is 5.24. The second-order valence-corrected chi connectivity index (χ2v) is 5.97. The fourth-order valence-corrected chi connectivity index (χ4v) is 2.91. The molecule has 0 unspecified atom stereocenters. The van der Waals surface area contributed by atoms with Gasteiger partial charge >= 0.3 is 0 Å². The molecular formula is C16H23N7O. The van der Waals surface area contributed by atoms with Gasteiger partial charge in [0, 0.05) is 38.7 Å². The molecule has 3 heterocycles. The fraction of sp³-hybridized carbons (Fsp3) is 0.562. The minimum absolute atomic E-state index is 0.201. The van der Waals surface area contributed by atoms with Gasteiger partial charge in [-0.2, -0.15) is 0 Å². The number of hydrogen-bond acceptors (Lipinski definition) is 6. The maximum atomic E-state index is 12.3. The molecule has 1 aliphatic heterocycles. The van der Waals surface area contributed by atoms with Crippen LogP contribution in [0.4, 0.5) is 5.95 Å². The van der Waals surface area contributed by atoms with Gasteiger partial charge in [0.2, 0.25) is 5.95 Å². The molecule has 0 fully saturated rings. The van der Waals surface area contributed by atoms with Gasteiger partial charge in [-0.05, 0) is 25.8 Å². The standard InChI is InChI=1S/C16H23N7O/c1-11-10-12(20-16(17-2)19-11)15(24)18-8-7-14-22-21-13-6-4-3-5-9-23(13)14/h10H,3-9H2,1-2H3,(H,18,24)(H,17,19,20). The highest BCUT2D eigenvalue weighted by Crippen LogP contribution is 2.14. The zero-order valence-corrected chi connectivity index (χ0v) is 14.2. The summed E-state index contributed by atoms with van der Waals surface area (Å²) in [7, 11) is 1.73. The van der Waals surface area contributed by atoms with E-state index in [1.165, 1.54) is 12.8 Å². The molecule has 0 radical (unpaired) electrons. The molecular weight excluding hydrogens is 306 g/mol. The summed E-state index contributed by atoms with van der Waals surface area (Å²) in [4.78, 5) is 20.6. The Kier molecular flexibility index (Phi) is 5.02. The molecule has 0 saturated heterocycles. The summed E-state index contributed by atoms with van der Waals surface area (Å²) < 4.78 is 2.20. The van der Waals surface area contributed by atoms with Crippen molar-refractivity contribution in [2.24, 2.45) is 0 Å². The molecule has 128 valence electrons. The maximum Gasteiger partial charge on any atom is 0.270 e. The van der Waals surface area contributed by atoms with E-state index in [2.05, 4.69) is 35.4 Å². The Hall–Kier alpha value is -2.51. The van der Waals surface area contributed by atoms with Gasteiger partial charge in [-0.1, -0.05) is 6.42 Å². The van der Waals surface area contributed by atoms with E-state index in [1.807, 2.05) is 6.92 Å². The van der Waals surface area contributed by atoms with Crippen LogP contribution in [-0.4, -0.2) is 44.2 Å². The van der Waals surface area contributed by atoms with Crippen molar-refractivity contribution in [1.82, 2.24) is 30.0 Å². The zero-order chi connectivity index (χ0) is 16.9. The van der Waals surface area contributed by atoms with Crippen LogP contribution in [0.2, 0.25) is 0 Å². The van der Waals surface area contributed by atoms with E-state index >= 15 is 0 Å². The van der Waals surface area contributed by atoms with Crippen LogP contribution in [0.1, 0.15) is 47.1 Å². The number of aryl methyl sites for hydroxylation is 2. The highest BCUT2D eigenvalue weighted by atomic mass is 16.1. The van der Waals surface area contributed by atoms with Crippen molar-refractivity contribution in [2.45, 2.75) is 45.6 Å². The molecule has 2 aromatic heterocycles. The number of amides is 1. The maximum absolute atomic E-state index is 12.3. The van der Waals surface area contributed by atoms with E-state index in [4.69, 9.17) is 0 Å². The number of aromatic nitrogens is 5. The molecule has 0 atom stereocenters. The zero-order valence-electron chi connectivity index (χ0n) is 14.2. The monoisotopic (exact) mass is 329 g/mol. The van der Waals surface area contributed by atoms with Crippen molar-refractivity contribution >= 4 is 11.9 Å². The molecule has 0 aliphatic carbocycles. The number of carbonyl (C=O) groups is 1. The van der Waals surface area contributed by atoms with E-state index in [1.54, 1.807) is 13.1 Å². The average molecular weight is 329 g/mol. The molecule has 0 bridgehead atoms. The van der Waals surface area contributed by atoms with Gasteiger partial charge in [0.15, 0.2) is 0 Å². The van der Waals surface area contributed by atoms with Gasteiger partial charge in [0.25, 0.3) is 5.91 Å². The van der Waals surface area contributed by atoms with Crippen LogP contribution in [0.15, 0.2) is 6.07 Å². The van der Waals surface area contributed by atoms with Gasteiger partial charge in [0.05, 0.1) is 0 Å². The van der Waals surface area contributed by atoms with Crippen LogP contribution in [-0.2, 0) is 19.4 Å². The summed E-state index contributed by atoms with van der Waals surface area (Å²) in [5.74, 6) is 2.26. The minimum Gasteiger partial charge on any atom is -0.357 e. The first-order valence-electron chi connectivity index (χ1n) is 8.40. The summed E-state index contributed by atoms with van der Waals surface area (Å²) in [5.41, 5.74) is 1.12. The number of anilines is 1. The lowest BCUT2D eigenvalue weighted by molar-refractivity contribution is 0.0948. The third-order valence-electron chi connectivity index (χ3n) is 4.13. The lowest BCUT2D eigenvalue weighted by atomic mass is 10.2. The Morgan fingerprint density at radius 3 is 2.96 bits per heavy atom. The highest BCUT2D eigenvalue weighted by Gasteiger charge is 2.15. The molecule has 0 aromatic carbocycles. The van der Waals surface area contributed by atoms with Gasteiger partial charge < -0.3 is 15.2 Å². The Bertz CT molecular complexity index is 725. The second kappa shape index (κ2) is 7.37. The topological polar surface area (TPSA) is 97.6 Å². The van der Waals surface area contributed by atoms with Crippen molar-refractivity contribution in [1.29, 1.82) is 0 Å². The molecule has 8 heteroatoms. The summed E-state index contributed by atoms with van der Waals surface area (Å²) in [5, 5.41) is 14.3. The van der Waals surface area contributed by atoms with E-state index < -0.39 is 0 Å². The molecule has 2 N–H and O–H groups in total. The normalized spacial score (nSPS) is 13.9. The second-order valence-electron chi connectivity index (χ2n) is 5.97. The Morgan fingerprint density at radius 2 is 2.12 bits per heavy atom. The van der Waals surface area contributed by atoms with Gasteiger partial charge in [-0.25, -0.2) is 9.97 Å². The number of fused-ring (bicyclic) bond motifs is 1. The summed E-state index contributed by atoms with van der Waals surface area (Å²) >= 11 is 0. The number of hydrogen-bond donors (Lipinski definition) is 2. The molecule has 2 aromatic rings. The van der Waals surface area contributed by atoms with Crippen molar-refractivity contribution < 1.29 is 4.79 Å². The van der Waals surface area contributed by atoms with Crippen molar-refractivity contribution in [3.8, 4) is 0 Å². The predicted octanol–water partition coefficient (Wildman–Crippen LogP) is 1.12. The van der Waals surface area contributed by atoms with E-state index in [0.717, 1.165) is 36.7 Å². The van der Waals surface area contributed by atoms with Crippen LogP contribution in [0.5, 0.6) is 0 Å². The number of nitrogens with one attached hydrogen (secondary N) is 2. The van der Waals surface area contributed by atoms with Gasteiger partial charge in [-0.15, -0.1) is 10.2 Å². The van der Waals surface area contributed by atoms with Gasteiger partial charge in [-0.3, -0.25) is 4.79 Å². The average Bonchev–Trinajstić information content (AvgIpc) is 2.80. The molecule has 1 amide bonds. The number of rotatable bonds is 5. The number of nitrogens with zero attached hydrogens (tertiary/aromatic N) is 5. The van der Waals surface area contributed by atoms with Crippen LogP contribution in [0, 0.1) is 6.92 Å². The van der Waals surface area contributed by atoms with Gasteiger partial charge in [0.1, 0.15) is 17.3 Å². The SMILES string of the molecule is CNc1nc(C)cc(C(=O)NCCc2nnc3n2CCCCC3)n1. The van der Waals surface area contributed by atoms with Crippen LogP contribution in [0.3, 0.4) is 0 Å². The molecule has 3 rings (SSSR count). The molecule has 0 spiro atoms. The Labute approximate surface area is 141 Å². The first kappa shape index (κ1) is 16.4. The quantitative estimate of drug-likeness (QED) is 0.853. The molecule has 0 saturated carbocycles. The number of carbonyl (C=O) groups excluding carboxylic acids is 1. The first-order valence-corrected chi connectivity index (χ1v) is 8.40. The van der Waals surface area contributed by atoms with E-state index in [0.29, 0.717) is 24.6 Å². The summed E-state index contributed by atoms with van der Waals surface area (Å²) in [6.45, 7) is 3.32. The third kappa shape index (κ3) is 3.69. The van der Waals surface area contributed by atoms with Crippen LogP contribution in [0.25, 0.3) is 0 Å². The molecule has 1 aliphatic rings. The minimum atomic E-state index is -0.201. The van der Waals surface area contributed by atoms with Crippen LogP contribution < -0.4 is 10.6 Å². The lowest BCUT2D eigenvalue weighted by Gasteiger charge is -2.08. The Morgan fingerprint density at radius 1 is 1.25 bits per heavy atom. The third-order valence-corrected chi connectivity index (χ3v) is 4.13. The lowest BCUT2D eigenvalue weighted by Crippen LogP contribution is -2.27. The first-order chi connectivity index (χ1) is 11.7. The van der Waals surface area contributed by atoms with Crippen molar-refractivity contribution in [3.63, 3.8) is 0 Å². The van der Waals surface area contributed by atoms with E-state index in [-0.39, 0.29) is 5.91 Å². The highest BCUT2D eigenvalue weighted by molar-refractivity contribution is 5.92. The van der Waals surface area contributed by atoms with Crippen LogP contribution >= 0.6 is 0 Å². The predicted molar refractivity (Wildman–Crippen MR) is 89.9 cm³/mol. The smallest absolute Gasteiger partial charge is 0.270 e. The largest absolute Gasteiger partial charge is 0.357 e. The molecule has 24 heavy (non-hydrogen) atoms. The van der Waals surface area contributed by atoms with Crippen molar-refractivity contribution in [2.75, 3.05) is 18.9 Å². The summed E-state index contributed by atoms with van der Waals surface area (Å²) in [6, 6.07) is 1.68.